The van der Waals surface area contributed by atoms with Gasteiger partial charge in [-0.2, -0.15) is 0 Å². The van der Waals surface area contributed by atoms with Crippen molar-refractivity contribution in [1.29, 1.82) is 0 Å². The number of ether oxygens (including phenoxy) is 3. The summed E-state index contributed by atoms with van der Waals surface area (Å²) in [5.41, 5.74) is 1.65. The van der Waals surface area contributed by atoms with Gasteiger partial charge in [0.25, 0.3) is 5.91 Å². The molecular formula is C19H23NO5S. The van der Waals surface area contributed by atoms with Crippen LogP contribution in [0.3, 0.4) is 0 Å². The first-order valence-electron chi connectivity index (χ1n) is 8.12. The number of anilines is 1. The lowest BCUT2D eigenvalue weighted by molar-refractivity contribution is 0.0601. The Bertz CT molecular complexity index is 775. The molecule has 0 atom stereocenters. The molecule has 0 aliphatic rings. The van der Waals surface area contributed by atoms with Crippen LogP contribution < -0.4 is 14.8 Å². The lowest BCUT2D eigenvalue weighted by Crippen LogP contribution is -2.15. The highest BCUT2D eigenvalue weighted by atomic mass is 32.1. The Labute approximate surface area is 157 Å². The summed E-state index contributed by atoms with van der Waals surface area (Å²) in [6.45, 7) is 4.14. The smallest absolute Gasteiger partial charge is 0.341 e. The van der Waals surface area contributed by atoms with Gasteiger partial charge in [0, 0.05) is 11.6 Å². The number of hydrogen-bond donors (Lipinski definition) is 1. The fourth-order valence-corrected chi connectivity index (χ4v) is 3.47. The summed E-state index contributed by atoms with van der Waals surface area (Å²) in [7, 11) is 4.37. The van der Waals surface area contributed by atoms with E-state index in [1.807, 2.05) is 5.38 Å². The quantitative estimate of drug-likeness (QED) is 0.738. The highest BCUT2D eigenvalue weighted by Gasteiger charge is 2.22. The van der Waals surface area contributed by atoms with E-state index in [4.69, 9.17) is 14.2 Å². The number of nitrogens with one attached hydrogen (secondary N) is 1. The molecule has 0 fully saturated rings. The Morgan fingerprint density at radius 3 is 2.19 bits per heavy atom. The average molecular weight is 377 g/mol. The van der Waals surface area contributed by atoms with E-state index in [0.29, 0.717) is 33.5 Å². The Balaban J connectivity index is 2.34. The zero-order valence-corrected chi connectivity index (χ0v) is 16.4. The number of hydrogen-bond acceptors (Lipinski definition) is 6. The molecule has 140 valence electrons. The number of carbonyl (C=O) groups excluding carboxylic acids is 2. The second-order valence-corrected chi connectivity index (χ2v) is 6.99. The van der Waals surface area contributed by atoms with Crippen molar-refractivity contribution in [3.05, 3.63) is 40.3 Å². The second-order valence-electron chi connectivity index (χ2n) is 6.11. The summed E-state index contributed by atoms with van der Waals surface area (Å²) in [6, 6.07) is 4.90. The molecule has 2 rings (SSSR count). The molecule has 1 N–H and O–H groups in total. The van der Waals surface area contributed by atoms with Crippen LogP contribution in [0.4, 0.5) is 5.00 Å². The van der Waals surface area contributed by atoms with Gasteiger partial charge >= 0.3 is 5.97 Å². The van der Waals surface area contributed by atoms with Gasteiger partial charge in [-0.3, -0.25) is 4.79 Å². The van der Waals surface area contributed by atoms with Crippen LogP contribution >= 0.6 is 11.3 Å². The number of esters is 1. The summed E-state index contributed by atoms with van der Waals surface area (Å²) in [5, 5.41) is 5.16. The minimum Gasteiger partial charge on any atom is -0.497 e. The zero-order valence-electron chi connectivity index (χ0n) is 15.5. The molecule has 1 aromatic carbocycles. The largest absolute Gasteiger partial charge is 0.497 e. The molecule has 2 aromatic rings. The van der Waals surface area contributed by atoms with Gasteiger partial charge in [-0.1, -0.05) is 13.8 Å². The predicted octanol–water partition coefficient (Wildman–Crippen LogP) is 4.00. The Morgan fingerprint density at radius 1 is 1.08 bits per heavy atom. The van der Waals surface area contributed by atoms with Crippen molar-refractivity contribution >= 4 is 28.2 Å². The van der Waals surface area contributed by atoms with Crippen molar-refractivity contribution in [3.63, 3.8) is 0 Å². The number of thiophene rings is 1. The first-order valence-corrected chi connectivity index (χ1v) is 9.00. The monoisotopic (exact) mass is 377 g/mol. The predicted molar refractivity (Wildman–Crippen MR) is 102 cm³/mol. The first kappa shape index (κ1) is 19.8. The van der Waals surface area contributed by atoms with Gasteiger partial charge in [0.15, 0.2) is 0 Å². The van der Waals surface area contributed by atoms with Crippen LogP contribution in [0.25, 0.3) is 0 Å². The second kappa shape index (κ2) is 8.71. The van der Waals surface area contributed by atoms with Crippen LogP contribution in [0.1, 0.15) is 40.1 Å². The zero-order chi connectivity index (χ0) is 19.3. The molecule has 0 saturated carbocycles. The van der Waals surface area contributed by atoms with Gasteiger partial charge < -0.3 is 19.5 Å². The summed E-state index contributed by atoms with van der Waals surface area (Å²) in [4.78, 5) is 24.9. The SMILES string of the molecule is COC(=O)c1c(CC(C)C)csc1NC(=O)c1cc(OC)cc(OC)c1. The topological polar surface area (TPSA) is 73.9 Å². The number of carbonyl (C=O) groups is 2. The average Bonchev–Trinajstić information content (AvgIpc) is 3.01. The van der Waals surface area contributed by atoms with Crippen LogP contribution in [0.15, 0.2) is 23.6 Å². The maximum atomic E-state index is 12.7. The summed E-state index contributed by atoms with van der Waals surface area (Å²) >= 11 is 1.31. The fraction of sp³-hybridized carbons (Fsp3) is 0.368. The third-order valence-electron chi connectivity index (χ3n) is 3.73. The molecule has 26 heavy (non-hydrogen) atoms. The van der Waals surface area contributed by atoms with E-state index in [-0.39, 0.29) is 5.91 Å². The molecule has 1 aromatic heterocycles. The molecule has 0 aliphatic carbocycles. The molecule has 0 bridgehead atoms. The number of amides is 1. The highest BCUT2D eigenvalue weighted by Crippen LogP contribution is 2.32. The van der Waals surface area contributed by atoms with Gasteiger partial charge in [0.2, 0.25) is 0 Å². The number of benzene rings is 1. The minimum atomic E-state index is -0.458. The molecule has 0 radical (unpaired) electrons. The van der Waals surface area contributed by atoms with Crippen molar-refractivity contribution in [3.8, 4) is 11.5 Å². The van der Waals surface area contributed by atoms with Crippen LogP contribution in [0, 0.1) is 5.92 Å². The summed E-state index contributed by atoms with van der Waals surface area (Å²) < 4.78 is 15.3. The maximum absolute atomic E-state index is 12.7. The summed E-state index contributed by atoms with van der Waals surface area (Å²) in [5.74, 6) is 0.577. The lowest BCUT2D eigenvalue weighted by atomic mass is 10.0. The number of rotatable bonds is 7. The van der Waals surface area contributed by atoms with Crippen LogP contribution in [0.5, 0.6) is 11.5 Å². The standard InChI is InChI=1S/C19H23NO5S/c1-11(2)6-13-10-26-18(16(13)19(22)25-5)20-17(21)12-7-14(23-3)9-15(8-12)24-4/h7-11H,6H2,1-5H3,(H,20,21). The van der Waals surface area contributed by atoms with E-state index in [9.17, 15) is 9.59 Å². The van der Waals surface area contributed by atoms with E-state index in [1.165, 1.54) is 32.7 Å². The third kappa shape index (κ3) is 4.54. The Hall–Kier alpha value is -2.54. The van der Waals surface area contributed by atoms with E-state index in [2.05, 4.69) is 19.2 Å². The van der Waals surface area contributed by atoms with Crippen LogP contribution in [-0.2, 0) is 11.2 Å². The molecule has 0 saturated heterocycles. The molecular weight excluding hydrogens is 354 g/mol. The third-order valence-corrected chi connectivity index (χ3v) is 4.67. The molecule has 7 heteroatoms. The van der Waals surface area contributed by atoms with Crippen LogP contribution in [-0.4, -0.2) is 33.2 Å². The van der Waals surface area contributed by atoms with Gasteiger partial charge in [-0.15, -0.1) is 11.3 Å². The molecule has 0 spiro atoms. The molecule has 0 unspecified atom stereocenters. The molecule has 0 aliphatic heterocycles. The van der Waals surface area contributed by atoms with Gasteiger partial charge in [-0.25, -0.2) is 4.79 Å². The van der Waals surface area contributed by atoms with E-state index < -0.39 is 5.97 Å². The lowest BCUT2D eigenvalue weighted by Gasteiger charge is -2.10. The fourth-order valence-electron chi connectivity index (χ4n) is 2.52. The molecule has 6 nitrogen and oxygen atoms in total. The van der Waals surface area contributed by atoms with E-state index in [1.54, 1.807) is 18.2 Å². The number of methoxy groups -OCH3 is 3. The Kier molecular flexibility index (Phi) is 6.63. The minimum absolute atomic E-state index is 0.356. The van der Waals surface area contributed by atoms with Crippen molar-refractivity contribution < 1.29 is 23.8 Å². The van der Waals surface area contributed by atoms with Crippen LogP contribution in [0.2, 0.25) is 0 Å². The first-order chi connectivity index (χ1) is 12.4. The van der Waals surface area contributed by atoms with Crippen molar-refractivity contribution in [1.82, 2.24) is 0 Å². The van der Waals surface area contributed by atoms with Gasteiger partial charge in [0.05, 0.1) is 26.9 Å². The van der Waals surface area contributed by atoms with E-state index in [0.717, 1.165) is 12.0 Å². The molecule has 1 heterocycles. The van der Waals surface area contributed by atoms with E-state index >= 15 is 0 Å². The normalized spacial score (nSPS) is 10.5. The van der Waals surface area contributed by atoms with Crippen molar-refractivity contribution in [2.45, 2.75) is 20.3 Å². The Morgan fingerprint density at radius 2 is 1.69 bits per heavy atom. The van der Waals surface area contributed by atoms with Gasteiger partial charge in [0.1, 0.15) is 16.5 Å². The molecule has 1 amide bonds. The van der Waals surface area contributed by atoms with Crippen molar-refractivity contribution in [2.24, 2.45) is 5.92 Å². The maximum Gasteiger partial charge on any atom is 0.341 e. The highest BCUT2D eigenvalue weighted by molar-refractivity contribution is 7.15. The van der Waals surface area contributed by atoms with Crippen molar-refractivity contribution in [2.75, 3.05) is 26.6 Å². The van der Waals surface area contributed by atoms with Gasteiger partial charge in [-0.05, 0) is 35.4 Å². The summed E-state index contributed by atoms with van der Waals surface area (Å²) in [6.07, 6.45) is 0.726.